The second-order valence-electron chi connectivity index (χ2n) is 9.42. The van der Waals surface area contributed by atoms with Gasteiger partial charge in [-0.05, 0) is 61.6 Å². The number of ether oxygens (including phenoxy) is 1. The Kier molecular flexibility index (Phi) is 6.01. The molecule has 180 valence electrons. The number of carbonyl (C=O) groups excluding carboxylic acids is 4. The van der Waals surface area contributed by atoms with Crippen molar-refractivity contribution < 1.29 is 23.9 Å². The van der Waals surface area contributed by atoms with Crippen LogP contribution in [-0.4, -0.2) is 30.2 Å². The van der Waals surface area contributed by atoms with Gasteiger partial charge in [0.15, 0.2) is 0 Å². The van der Waals surface area contributed by atoms with Gasteiger partial charge in [0.1, 0.15) is 5.75 Å². The van der Waals surface area contributed by atoms with Crippen molar-refractivity contribution >= 4 is 35.1 Å². The average Bonchev–Trinajstić information content (AvgIpc) is 3.37. The minimum atomic E-state index is -0.565. The van der Waals surface area contributed by atoms with Crippen LogP contribution in [0, 0.1) is 24.7 Å². The molecule has 3 aliphatic rings. The summed E-state index contributed by atoms with van der Waals surface area (Å²) in [5.74, 6) is -1.74. The molecule has 7 heteroatoms. The maximum absolute atomic E-state index is 12.9. The number of benzene rings is 2. The monoisotopic (exact) mass is 472 g/mol. The molecule has 2 saturated heterocycles. The number of rotatable bonds is 5. The van der Waals surface area contributed by atoms with Crippen LogP contribution in [0.15, 0.2) is 54.6 Å². The predicted octanol–water partition coefficient (Wildman–Crippen LogP) is 3.97. The number of anilines is 2. The van der Waals surface area contributed by atoms with E-state index in [1.807, 2.05) is 43.3 Å². The minimum Gasteiger partial charge on any atom is -0.426 e. The zero-order valence-electron chi connectivity index (χ0n) is 19.9. The molecule has 35 heavy (non-hydrogen) atoms. The van der Waals surface area contributed by atoms with Crippen LogP contribution in [0.5, 0.6) is 5.75 Å². The second-order valence-corrected chi connectivity index (χ2v) is 9.42. The van der Waals surface area contributed by atoms with E-state index in [2.05, 4.69) is 0 Å². The number of nitrogens with zero attached hydrogens (tertiary/aromatic N) is 2. The summed E-state index contributed by atoms with van der Waals surface area (Å²) in [6.07, 6.45) is 5.98. The number of carbonyl (C=O) groups is 4. The van der Waals surface area contributed by atoms with Gasteiger partial charge in [-0.3, -0.25) is 19.2 Å². The van der Waals surface area contributed by atoms with Crippen LogP contribution in [0.25, 0.3) is 0 Å². The zero-order chi connectivity index (χ0) is 24.7. The first kappa shape index (κ1) is 23.0. The third kappa shape index (κ3) is 4.05. The van der Waals surface area contributed by atoms with E-state index in [0.29, 0.717) is 29.8 Å². The molecule has 0 spiro atoms. The van der Waals surface area contributed by atoms with E-state index in [0.717, 1.165) is 17.7 Å². The molecule has 0 bridgehead atoms. The summed E-state index contributed by atoms with van der Waals surface area (Å²) in [5, 5.41) is 0. The van der Waals surface area contributed by atoms with E-state index in [1.54, 1.807) is 30.0 Å². The van der Waals surface area contributed by atoms with E-state index in [9.17, 15) is 19.2 Å². The lowest BCUT2D eigenvalue weighted by Crippen LogP contribution is -2.31. The molecule has 2 aromatic rings. The van der Waals surface area contributed by atoms with E-state index < -0.39 is 11.9 Å². The quantitative estimate of drug-likeness (QED) is 0.285. The van der Waals surface area contributed by atoms with Gasteiger partial charge in [0.2, 0.25) is 17.7 Å². The molecule has 2 fully saturated rings. The topological polar surface area (TPSA) is 84.0 Å². The van der Waals surface area contributed by atoms with Gasteiger partial charge >= 0.3 is 5.97 Å². The summed E-state index contributed by atoms with van der Waals surface area (Å²) >= 11 is 0. The van der Waals surface area contributed by atoms with E-state index in [4.69, 9.17) is 4.74 Å². The highest BCUT2D eigenvalue weighted by Gasteiger charge is 2.48. The SMILES string of the molecule is CCc1ccccc1N1C[C@H](C(=O)Oc2ccc(N3C(=O)[C@@H]4CC=CC[C@H]4C3=O)c(C)c2)CC1=O. The molecule has 0 aromatic heterocycles. The van der Waals surface area contributed by atoms with Gasteiger partial charge < -0.3 is 9.64 Å². The fourth-order valence-electron chi connectivity index (χ4n) is 5.35. The largest absolute Gasteiger partial charge is 0.426 e. The Balaban J connectivity index is 1.29. The standard InChI is InChI=1S/C28H28N2O5/c1-3-18-8-4-7-11-24(18)29-16-19(15-25(29)31)28(34)35-20-12-13-23(17(2)14-20)30-26(32)21-9-5-6-10-22(21)27(30)33/h4-8,11-14,19,21-22H,3,9-10,15-16H2,1-2H3/t19-,21-,22-/m1/s1. The van der Waals surface area contributed by atoms with Gasteiger partial charge in [0, 0.05) is 18.7 Å². The maximum atomic E-state index is 12.9. The highest BCUT2D eigenvalue weighted by Crippen LogP contribution is 2.39. The second kappa shape index (κ2) is 9.13. The van der Waals surface area contributed by atoms with Crippen LogP contribution < -0.4 is 14.5 Å². The average molecular weight is 473 g/mol. The maximum Gasteiger partial charge on any atom is 0.316 e. The number of amides is 3. The molecule has 3 atom stereocenters. The van der Waals surface area contributed by atoms with Crippen LogP contribution in [0.3, 0.4) is 0 Å². The van der Waals surface area contributed by atoms with Gasteiger partial charge in [0.05, 0.1) is 23.4 Å². The van der Waals surface area contributed by atoms with Crippen molar-refractivity contribution in [3.05, 3.63) is 65.7 Å². The first-order valence-electron chi connectivity index (χ1n) is 12.1. The predicted molar refractivity (Wildman–Crippen MR) is 131 cm³/mol. The molecule has 2 aliphatic heterocycles. The Labute approximate surface area is 204 Å². The highest BCUT2D eigenvalue weighted by molar-refractivity contribution is 6.22. The molecule has 0 saturated carbocycles. The van der Waals surface area contributed by atoms with Crippen molar-refractivity contribution in [2.75, 3.05) is 16.3 Å². The van der Waals surface area contributed by atoms with Crippen molar-refractivity contribution in [1.82, 2.24) is 0 Å². The lowest BCUT2D eigenvalue weighted by molar-refractivity contribution is -0.139. The fourth-order valence-corrected chi connectivity index (χ4v) is 5.35. The van der Waals surface area contributed by atoms with Crippen LogP contribution in [-0.2, 0) is 25.6 Å². The van der Waals surface area contributed by atoms with Crippen molar-refractivity contribution in [2.24, 2.45) is 17.8 Å². The van der Waals surface area contributed by atoms with Gasteiger partial charge in [-0.2, -0.15) is 0 Å². The van der Waals surface area contributed by atoms with Crippen molar-refractivity contribution in [3.8, 4) is 5.75 Å². The van der Waals surface area contributed by atoms with Crippen molar-refractivity contribution in [3.63, 3.8) is 0 Å². The van der Waals surface area contributed by atoms with Crippen molar-refractivity contribution in [2.45, 2.75) is 39.5 Å². The third-order valence-electron chi connectivity index (χ3n) is 7.26. The van der Waals surface area contributed by atoms with Crippen LogP contribution in [0.4, 0.5) is 11.4 Å². The van der Waals surface area contributed by atoms with Gasteiger partial charge in [-0.1, -0.05) is 37.3 Å². The third-order valence-corrected chi connectivity index (χ3v) is 7.26. The molecule has 0 N–H and O–H groups in total. The number of allylic oxidation sites excluding steroid dienone is 2. The highest BCUT2D eigenvalue weighted by atomic mass is 16.5. The number of fused-ring (bicyclic) bond motifs is 1. The summed E-state index contributed by atoms with van der Waals surface area (Å²) < 4.78 is 5.62. The summed E-state index contributed by atoms with van der Waals surface area (Å²) in [6.45, 7) is 4.10. The number of esters is 1. The molecule has 3 amide bonds. The van der Waals surface area contributed by atoms with E-state index >= 15 is 0 Å². The smallest absolute Gasteiger partial charge is 0.316 e. The van der Waals surface area contributed by atoms with E-state index in [1.165, 1.54) is 4.90 Å². The Morgan fingerprint density at radius 2 is 1.66 bits per heavy atom. The molecule has 0 radical (unpaired) electrons. The Bertz CT molecular complexity index is 1220. The van der Waals surface area contributed by atoms with Gasteiger partial charge in [-0.15, -0.1) is 0 Å². The normalized spacial score (nSPS) is 23.7. The summed E-state index contributed by atoms with van der Waals surface area (Å²) in [6, 6.07) is 12.6. The summed E-state index contributed by atoms with van der Waals surface area (Å²) in [4.78, 5) is 54.3. The summed E-state index contributed by atoms with van der Waals surface area (Å²) in [5.41, 5.74) is 3.09. The molecule has 2 aromatic carbocycles. The summed E-state index contributed by atoms with van der Waals surface area (Å²) in [7, 11) is 0. The van der Waals surface area contributed by atoms with E-state index in [-0.39, 0.29) is 42.5 Å². The number of aryl methyl sites for hydroxylation is 2. The number of hydrogen-bond donors (Lipinski definition) is 0. The Hall–Kier alpha value is -3.74. The lowest BCUT2D eigenvalue weighted by atomic mass is 9.85. The molecule has 1 aliphatic carbocycles. The minimum absolute atomic E-state index is 0.0959. The van der Waals surface area contributed by atoms with Gasteiger partial charge in [0.25, 0.3) is 0 Å². The molecule has 5 rings (SSSR count). The Morgan fingerprint density at radius 1 is 0.971 bits per heavy atom. The Morgan fingerprint density at radius 3 is 2.31 bits per heavy atom. The molecular weight excluding hydrogens is 444 g/mol. The van der Waals surface area contributed by atoms with Crippen LogP contribution >= 0.6 is 0 Å². The number of imide groups is 1. The zero-order valence-corrected chi connectivity index (χ0v) is 19.9. The van der Waals surface area contributed by atoms with Crippen LogP contribution in [0.1, 0.15) is 37.3 Å². The lowest BCUT2D eigenvalue weighted by Gasteiger charge is -2.20. The molecule has 2 heterocycles. The number of hydrogen-bond acceptors (Lipinski definition) is 5. The first-order valence-corrected chi connectivity index (χ1v) is 12.1. The molecular formula is C28H28N2O5. The van der Waals surface area contributed by atoms with Crippen LogP contribution in [0.2, 0.25) is 0 Å². The fraction of sp³-hybridized carbons (Fsp3) is 0.357. The molecule has 0 unspecified atom stereocenters. The van der Waals surface area contributed by atoms with Crippen molar-refractivity contribution in [1.29, 1.82) is 0 Å². The first-order chi connectivity index (χ1) is 16.9. The van der Waals surface area contributed by atoms with Gasteiger partial charge in [-0.25, -0.2) is 4.90 Å². The molecule has 7 nitrogen and oxygen atoms in total. The number of para-hydroxylation sites is 1.